The van der Waals surface area contributed by atoms with Crippen LogP contribution in [0.2, 0.25) is 5.15 Å². The third-order valence-electron chi connectivity index (χ3n) is 3.22. The van der Waals surface area contributed by atoms with Crippen LogP contribution in [-0.4, -0.2) is 15.7 Å². The summed E-state index contributed by atoms with van der Waals surface area (Å²) in [6, 6.07) is 5.65. The fourth-order valence-corrected chi connectivity index (χ4v) is 2.40. The van der Waals surface area contributed by atoms with Crippen molar-refractivity contribution in [2.45, 2.75) is 27.3 Å². The van der Waals surface area contributed by atoms with Crippen LogP contribution in [0.1, 0.15) is 25.1 Å². The Kier molecular flexibility index (Phi) is 5.98. The number of nitrogens with zero attached hydrogens (tertiary/aromatic N) is 2. The van der Waals surface area contributed by atoms with Crippen molar-refractivity contribution in [1.29, 1.82) is 0 Å². The van der Waals surface area contributed by atoms with E-state index in [2.05, 4.69) is 29.8 Å². The molecule has 0 spiro atoms. The maximum absolute atomic E-state index is 12.8. The smallest absolute Gasteiger partial charge is 0.262 e. The molecular formula is C17H20ClFN4O. The molecule has 7 heteroatoms. The highest BCUT2D eigenvalue weighted by molar-refractivity contribution is 6.31. The van der Waals surface area contributed by atoms with Crippen LogP contribution in [0.5, 0.6) is 0 Å². The van der Waals surface area contributed by atoms with Gasteiger partial charge in [-0.15, -0.1) is 0 Å². The molecule has 1 heterocycles. The highest BCUT2D eigenvalue weighted by Crippen LogP contribution is 2.22. The van der Waals surface area contributed by atoms with Gasteiger partial charge in [0.25, 0.3) is 5.91 Å². The average molecular weight is 351 g/mol. The van der Waals surface area contributed by atoms with E-state index in [0.717, 1.165) is 5.69 Å². The van der Waals surface area contributed by atoms with Crippen molar-refractivity contribution in [2.75, 3.05) is 5.43 Å². The summed E-state index contributed by atoms with van der Waals surface area (Å²) < 4.78 is 14.5. The van der Waals surface area contributed by atoms with E-state index in [4.69, 9.17) is 11.6 Å². The molecule has 0 bridgehead atoms. The first kappa shape index (κ1) is 18.0. The fraction of sp³-hybridized carbons (Fsp3) is 0.294. The number of benzene rings is 1. The summed E-state index contributed by atoms with van der Waals surface area (Å²) in [5, 5.41) is 4.89. The van der Waals surface area contributed by atoms with Crippen LogP contribution in [0, 0.1) is 18.7 Å². The van der Waals surface area contributed by atoms with E-state index < -0.39 is 0 Å². The lowest BCUT2D eigenvalue weighted by molar-refractivity contribution is -0.115. The quantitative estimate of drug-likeness (QED) is 0.615. The Morgan fingerprint density at radius 1 is 1.38 bits per heavy atom. The first-order chi connectivity index (χ1) is 11.4. The topological polar surface area (TPSA) is 59.0 Å². The number of hydrazine groups is 1. The number of amides is 1. The zero-order valence-electron chi connectivity index (χ0n) is 13.8. The maximum atomic E-state index is 12.8. The van der Waals surface area contributed by atoms with Gasteiger partial charge in [-0.1, -0.05) is 25.4 Å². The first-order valence-electron chi connectivity index (χ1n) is 7.59. The summed E-state index contributed by atoms with van der Waals surface area (Å²) in [5.41, 5.74) is 7.25. The molecule has 0 aliphatic rings. The standard InChI is InChI=1S/C17H20ClFN4O/c1-11(2)10-23-17(18)15(12(3)22-23)8-9-16(24)21-20-14-6-4-13(19)5-7-14/h4-9,11,20H,10H2,1-3H3,(H,21,24)/b9-8+. The number of hydrogen-bond donors (Lipinski definition) is 2. The Morgan fingerprint density at radius 3 is 2.67 bits per heavy atom. The van der Waals surface area contributed by atoms with Gasteiger partial charge in [-0.05, 0) is 43.2 Å². The zero-order chi connectivity index (χ0) is 17.7. The summed E-state index contributed by atoms with van der Waals surface area (Å²) in [4.78, 5) is 11.9. The lowest BCUT2D eigenvalue weighted by atomic mass is 10.2. The lowest BCUT2D eigenvalue weighted by Gasteiger charge is -2.06. The number of aromatic nitrogens is 2. The van der Waals surface area contributed by atoms with E-state index >= 15 is 0 Å². The van der Waals surface area contributed by atoms with Crippen LogP contribution in [0.4, 0.5) is 10.1 Å². The number of hydrogen-bond acceptors (Lipinski definition) is 3. The van der Waals surface area contributed by atoms with Gasteiger partial charge >= 0.3 is 0 Å². The second kappa shape index (κ2) is 7.97. The molecule has 0 unspecified atom stereocenters. The molecule has 0 radical (unpaired) electrons. The molecular weight excluding hydrogens is 331 g/mol. The summed E-state index contributed by atoms with van der Waals surface area (Å²) in [7, 11) is 0. The van der Waals surface area contributed by atoms with Crippen molar-refractivity contribution >= 4 is 29.3 Å². The second-order valence-electron chi connectivity index (χ2n) is 5.82. The number of rotatable bonds is 6. The second-order valence-corrected chi connectivity index (χ2v) is 6.18. The molecule has 0 fully saturated rings. The Balaban J connectivity index is 1.98. The van der Waals surface area contributed by atoms with Gasteiger partial charge in [-0.2, -0.15) is 5.10 Å². The van der Waals surface area contributed by atoms with Gasteiger partial charge < -0.3 is 0 Å². The minimum atomic E-state index is -0.355. The fourth-order valence-electron chi connectivity index (χ4n) is 2.09. The first-order valence-corrected chi connectivity index (χ1v) is 7.97. The number of halogens is 2. The molecule has 0 atom stereocenters. The molecule has 24 heavy (non-hydrogen) atoms. The molecule has 2 aromatic rings. The van der Waals surface area contributed by atoms with Crippen LogP contribution in [0.15, 0.2) is 30.3 Å². The van der Waals surface area contributed by atoms with E-state index in [0.29, 0.717) is 28.9 Å². The number of aryl methyl sites for hydroxylation is 1. The normalized spacial score (nSPS) is 11.2. The molecule has 0 aliphatic heterocycles. The van der Waals surface area contributed by atoms with Crippen LogP contribution < -0.4 is 10.9 Å². The maximum Gasteiger partial charge on any atom is 0.262 e. The minimum Gasteiger partial charge on any atom is -0.298 e. The van der Waals surface area contributed by atoms with Gasteiger partial charge in [0.1, 0.15) is 11.0 Å². The largest absolute Gasteiger partial charge is 0.298 e. The van der Waals surface area contributed by atoms with Crippen molar-refractivity contribution < 1.29 is 9.18 Å². The minimum absolute atomic E-state index is 0.338. The highest BCUT2D eigenvalue weighted by Gasteiger charge is 2.12. The Hall–Kier alpha value is -2.34. The molecule has 5 nitrogen and oxygen atoms in total. The van der Waals surface area contributed by atoms with E-state index in [9.17, 15) is 9.18 Å². The van der Waals surface area contributed by atoms with Gasteiger partial charge in [0, 0.05) is 18.2 Å². The van der Waals surface area contributed by atoms with E-state index in [-0.39, 0.29) is 11.7 Å². The molecule has 2 N–H and O–H groups in total. The molecule has 2 rings (SSSR count). The van der Waals surface area contributed by atoms with E-state index in [1.807, 2.05) is 6.92 Å². The number of carbonyl (C=O) groups is 1. The third kappa shape index (κ3) is 4.83. The van der Waals surface area contributed by atoms with Crippen LogP contribution in [-0.2, 0) is 11.3 Å². The molecule has 128 valence electrons. The van der Waals surface area contributed by atoms with E-state index in [1.54, 1.807) is 10.8 Å². The molecule has 1 aromatic carbocycles. The van der Waals surface area contributed by atoms with Gasteiger partial charge in [-0.3, -0.25) is 20.3 Å². The van der Waals surface area contributed by atoms with Crippen LogP contribution >= 0.6 is 11.6 Å². The predicted molar refractivity (Wildman–Crippen MR) is 94.0 cm³/mol. The molecule has 0 saturated carbocycles. The number of carbonyl (C=O) groups excluding carboxylic acids is 1. The zero-order valence-corrected chi connectivity index (χ0v) is 14.6. The average Bonchev–Trinajstić information content (AvgIpc) is 2.78. The number of nitrogens with one attached hydrogen (secondary N) is 2. The van der Waals surface area contributed by atoms with Crippen molar-refractivity contribution in [1.82, 2.24) is 15.2 Å². The summed E-state index contributed by atoms with van der Waals surface area (Å²) in [6.07, 6.45) is 3.00. The summed E-state index contributed by atoms with van der Waals surface area (Å²) in [6.45, 7) is 6.72. The SMILES string of the molecule is Cc1nn(CC(C)C)c(Cl)c1/C=C/C(=O)NNc1ccc(F)cc1. The monoisotopic (exact) mass is 350 g/mol. The molecule has 1 aromatic heterocycles. The van der Waals surface area contributed by atoms with Gasteiger partial charge in [0.15, 0.2) is 0 Å². The molecule has 0 saturated heterocycles. The van der Waals surface area contributed by atoms with Gasteiger partial charge in [0.2, 0.25) is 0 Å². The van der Waals surface area contributed by atoms with Crippen LogP contribution in [0.3, 0.4) is 0 Å². The predicted octanol–water partition coefficient (Wildman–Crippen LogP) is 3.80. The highest BCUT2D eigenvalue weighted by atomic mass is 35.5. The Bertz CT molecular complexity index is 738. The van der Waals surface area contributed by atoms with Crippen molar-refractivity contribution in [3.8, 4) is 0 Å². The van der Waals surface area contributed by atoms with E-state index in [1.165, 1.54) is 30.3 Å². The van der Waals surface area contributed by atoms with Crippen molar-refractivity contribution in [2.24, 2.45) is 5.92 Å². The summed E-state index contributed by atoms with van der Waals surface area (Å²) >= 11 is 6.31. The van der Waals surface area contributed by atoms with Crippen molar-refractivity contribution in [3.05, 3.63) is 52.6 Å². The van der Waals surface area contributed by atoms with Crippen molar-refractivity contribution in [3.63, 3.8) is 0 Å². The summed E-state index contributed by atoms with van der Waals surface area (Å²) in [5.74, 6) is -0.275. The van der Waals surface area contributed by atoms with Crippen LogP contribution in [0.25, 0.3) is 6.08 Å². The Labute approximate surface area is 145 Å². The number of anilines is 1. The Morgan fingerprint density at radius 2 is 2.04 bits per heavy atom. The molecule has 1 amide bonds. The van der Waals surface area contributed by atoms with Gasteiger partial charge in [0.05, 0.1) is 11.4 Å². The van der Waals surface area contributed by atoms with Gasteiger partial charge in [-0.25, -0.2) is 4.39 Å². The molecule has 0 aliphatic carbocycles. The lowest BCUT2D eigenvalue weighted by Crippen LogP contribution is -2.27. The third-order valence-corrected chi connectivity index (χ3v) is 3.62.